The molecule has 2 unspecified atom stereocenters. The Balaban J connectivity index is 1.72. The van der Waals surface area contributed by atoms with Crippen LogP contribution in [-0.2, 0) is 4.79 Å². The zero-order valence-electron chi connectivity index (χ0n) is 19.0. The van der Waals surface area contributed by atoms with Crippen LogP contribution in [0.3, 0.4) is 0 Å². The fourth-order valence-electron chi connectivity index (χ4n) is 4.63. The summed E-state index contributed by atoms with van der Waals surface area (Å²) in [5, 5.41) is 3.99. The molecule has 9 heteroatoms. The van der Waals surface area contributed by atoms with Gasteiger partial charge in [0.05, 0.1) is 13.0 Å². The van der Waals surface area contributed by atoms with E-state index in [0.717, 1.165) is 18.9 Å². The number of aromatic nitrogens is 3. The summed E-state index contributed by atoms with van der Waals surface area (Å²) in [5.41, 5.74) is 7.73. The van der Waals surface area contributed by atoms with E-state index in [9.17, 15) is 13.6 Å². The standard InChI is InChI=1S/C26H23F2N5O2/c1-35-22-11-16(15-8-17(27)12-18(28)9-15)10-20-23(22)32-25(14-4-3-7-30-13-14)33-26(20)31-21-6-2-5-19(21)24(29)34/h3-4,7-13,19,21H,2,5-6H2,1H3,(H2,29,34)(H,31,32,33). The molecule has 0 spiro atoms. The Kier molecular flexibility index (Phi) is 5.98. The van der Waals surface area contributed by atoms with Crippen molar-refractivity contribution in [2.45, 2.75) is 25.3 Å². The van der Waals surface area contributed by atoms with E-state index >= 15 is 0 Å². The van der Waals surface area contributed by atoms with Crippen molar-refractivity contribution in [3.8, 4) is 28.3 Å². The number of hydrogen-bond acceptors (Lipinski definition) is 6. The molecule has 1 aliphatic carbocycles. The molecule has 7 nitrogen and oxygen atoms in total. The molecule has 3 N–H and O–H groups in total. The summed E-state index contributed by atoms with van der Waals surface area (Å²) in [6.07, 6.45) is 5.63. The molecule has 1 aliphatic rings. The molecule has 0 bridgehead atoms. The lowest BCUT2D eigenvalue weighted by Crippen LogP contribution is -2.34. The summed E-state index contributed by atoms with van der Waals surface area (Å²) in [6, 6.07) is 10.2. The molecule has 0 saturated heterocycles. The smallest absolute Gasteiger partial charge is 0.222 e. The Morgan fingerprint density at radius 1 is 1.06 bits per heavy atom. The first-order valence-electron chi connectivity index (χ1n) is 11.3. The molecule has 0 radical (unpaired) electrons. The van der Waals surface area contributed by atoms with Crippen molar-refractivity contribution >= 4 is 22.6 Å². The molecule has 2 aromatic heterocycles. The third kappa shape index (κ3) is 4.49. The maximum Gasteiger partial charge on any atom is 0.222 e. The Hall–Kier alpha value is -4.14. The van der Waals surface area contributed by atoms with Crippen molar-refractivity contribution in [2.75, 3.05) is 12.4 Å². The van der Waals surface area contributed by atoms with Crippen LogP contribution < -0.4 is 15.8 Å². The number of hydrogen-bond donors (Lipinski definition) is 2. The predicted molar refractivity (Wildman–Crippen MR) is 129 cm³/mol. The van der Waals surface area contributed by atoms with E-state index in [4.69, 9.17) is 20.4 Å². The topological polar surface area (TPSA) is 103 Å². The lowest BCUT2D eigenvalue weighted by molar-refractivity contribution is -0.121. The Morgan fingerprint density at radius 3 is 2.51 bits per heavy atom. The quantitative estimate of drug-likeness (QED) is 0.419. The summed E-state index contributed by atoms with van der Waals surface area (Å²) in [7, 11) is 1.50. The number of nitrogens with zero attached hydrogens (tertiary/aromatic N) is 3. The first kappa shape index (κ1) is 22.6. The van der Waals surface area contributed by atoms with Crippen molar-refractivity contribution < 1.29 is 18.3 Å². The number of nitrogens with one attached hydrogen (secondary N) is 1. The summed E-state index contributed by atoms with van der Waals surface area (Å²) >= 11 is 0. The molecule has 5 rings (SSSR count). The van der Waals surface area contributed by atoms with E-state index in [1.165, 1.54) is 19.2 Å². The van der Waals surface area contributed by atoms with Gasteiger partial charge in [-0.2, -0.15) is 0 Å². The number of ether oxygens (including phenoxy) is 1. The number of amides is 1. The predicted octanol–water partition coefficient (Wildman–Crippen LogP) is 4.71. The molecule has 1 fully saturated rings. The minimum atomic E-state index is -0.684. The lowest BCUT2D eigenvalue weighted by Gasteiger charge is -2.21. The number of carbonyl (C=O) groups is 1. The Labute approximate surface area is 200 Å². The van der Waals surface area contributed by atoms with Gasteiger partial charge in [-0.05, 0) is 60.4 Å². The highest BCUT2D eigenvalue weighted by molar-refractivity contribution is 5.98. The molecule has 2 aromatic carbocycles. The highest BCUT2D eigenvalue weighted by atomic mass is 19.1. The molecule has 4 aromatic rings. The van der Waals surface area contributed by atoms with Gasteiger partial charge in [0.15, 0.2) is 5.82 Å². The van der Waals surface area contributed by atoms with E-state index < -0.39 is 11.6 Å². The molecule has 2 atom stereocenters. The Bertz CT molecular complexity index is 1390. The van der Waals surface area contributed by atoms with Gasteiger partial charge in [-0.3, -0.25) is 9.78 Å². The van der Waals surface area contributed by atoms with Gasteiger partial charge < -0.3 is 15.8 Å². The minimum absolute atomic E-state index is 0.200. The van der Waals surface area contributed by atoms with Crippen LogP contribution in [0.25, 0.3) is 33.4 Å². The van der Waals surface area contributed by atoms with Crippen LogP contribution in [0.1, 0.15) is 19.3 Å². The van der Waals surface area contributed by atoms with Crippen molar-refractivity contribution in [1.29, 1.82) is 0 Å². The third-order valence-corrected chi connectivity index (χ3v) is 6.30. The van der Waals surface area contributed by atoms with Gasteiger partial charge >= 0.3 is 0 Å². The van der Waals surface area contributed by atoms with Gasteiger partial charge in [0.25, 0.3) is 0 Å². The largest absolute Gasteiger partial charge is 0.494 e. The number of methoxy groups -OCH3 is 1. The monoisotopic (exact) mass is 475 g/mol. The number of primary amides is 1. The molecule has 2 heterocycles. The highest BCUT2D eigenvalue weighted by Crippen LogP contribution is 2.38. The number of pyridine rings is 1. The van der Waals surface area contributed by atoms with Crippen LogP contribution in [0.15, 0.2) is 54.9 Å². The second-order valence-corrected chi connectivity index (χ2v) is 8.56. The number of halogens is 2. The molecular formula is C26H23F2N5O2. The fraction of sp³-hybridized carbons (Fsp3) is 0.231. The van der Waals surface area contributed by atoms with Gasteiger partial charge in [-0.15, -0.1) is 0 Å². The maximum atomic E-state index is 14.0. The van der Waals surface area contributed by atoms with Gasteiger partial charge in [0, 0.05) is 35.5 Å². The zero-order chi connectivity index (χ0) is 24.5. The van der Waals surface area contributed by atoms with Crippen LogP contribution in [0, 0.1) is 17.6 Å². The highest BCUT2D eigenvalue weighted by Gasteiger charge is 2.32. The summed E-state index contributed by atoms with van der Waals surface area (Å²) < 4.78 is 33.6. The first-order chi connectivity index (χ1) is 16.9. The normalized spacial score (nSPS) is 17.5. The number of fused-ring (bicyclic) bond motifs is 1. The van der Waals surface area contributed by atoms with Gasteiger partial charge in [-0.25, -0.2) is 18.7 Å². The van der Waals surface area contributed by atoms with Crippen LogP contribution in [0.2, 0.25) is 0 Å². The van der Waals surface area contributed by atoms with E-state index in [1.807, 2.05) is 6.07 Å². The Morgan fingerprint density at radius 2 is 1.83 bits per heavy atom. The van der Waals surface area contributed by atoms with E-state index in [0.29, 0.717) is 51.4 Å². The van der Waals surface area contributed by atoms with Gasteiger partial charge in [-0.1, -0.05) is 6.42 Å². The molecule has 0 aliphatic heterocycles. The van der Waals surface area contributed by atoms with Crippen molar-refractivity contribution in [1.82, 2.24) is 15.0 Å². The van der Waals surface area contributed by atoms with Crippen LogP contribution in [-0.4, -0.2) is 34.0 Å². The minimum Gasteiger partial charge on any atom is -0.494 e. The third-order valence-electron chi connectivity index (χ3n) is 6.30. The zero-order valence-corrected chi connectivity index (χ0v) is 19.0. The molecule has 178 valence electrons. The van der Waals surface area contributed by atoms with Gasteiger partial charge in [0.2, 0.25) is 5.91 Å². The summed E-state index contributed by atoms with van der Waals surface area (Å²) in [5.74, 6) is -0.750. The van der Waals surface area contributed by atoms with Crippen LogP contribution >= 0.6 is 0 Å². The van der Waals surface area contributed by atoms with Crippen molar-refractivity contribution in [2.24, 2.45) is 11.7 Å². The molecule has 35 heavy (non-hydrogen) atoms. The number of nitrogens with two attached hydrogens (primary N) is 1. The average Bonchev–Trinajstić information content (AvgIpc) is 3.32. The molecule has 1 saturated carbocycles. The average molecular weight is 475 g/mol. The number of anilines is 1. The SMILES string of the molecule is COc1cc(-c2cc(F)cc(F)c2)cc2c(NC3CCCC3C(N)=O)nc(-c3cccnc3)nc12. The summed E-state index contributed by atoms with van der Waals surface area (Å²) in [6.45, 7) is 0. The van der Waals surface area contributed by atoms with E-state index in [-0.39, 0.29) is 17.9 Å². The van der Waals surface area contributed by atoms with Crippen molar-refractivity contribution in [3.05, 3.63) is 66.5 Å². The fourth-order valence-corrected chi connectivity index (χ4v) is 4.63. The molecular weight excluding hydrogens is 452 g/mol. The summed E-state index contributed by atoms with van der Waals surface area (Å²) in [4.78, 5) is 25.6. The van der Waals surface area contributed by atoms with E-state index in [2.05, 4.69) is 10.3 Å². The molecule has 1 amide bonds. The van der Waals surface area contributed by atoms with Crippen LogP contribution in [0.4, 0.5) is 14.6 Å². The number of rotatable bonds is 6. The second kappa shape index (κ2) is 9.25. The van der Waals surface area contributed by atoms with E-state index in [1.54, 1.807) is 30.6 Å². The van der Waals surface area contributed by atoms with Gasteiger partial charge in [0.1, 0.15) is 28.7 Å². The van der Waals surface area contributed by atoms with Crippen LogP contribution in [0.5, 0.6) is 5.75 Å². The number of carbonyl (C=O) groups excluding carboxylic acids is 1. The first-order valence-corrected chi connectivity index (χ1v) is 11.3. The second-order valence-electron chi connectivity index (χ2n) is 8.56. The lowest BCUT2D eigenvalue weighted by atomic mass is 10.0. The maximum absolute atomic E-state index is 14.0. The number of benzene rings is 2. The van der Waals surface area contributed by atoms with Crippen molar-refractivity contribution in [3.63, 3.8) is 0 Å².